The number of carbonyl (C=O) groups excluding carboxylic acids is 1. The van der Waals surface area contributed by atoms with E-state index in [4.69, 9.17) is 9.47 Å². The molecule has 3 unspecified atom stereocenters. The Kier molecular flexibility index (Phi) is 4.59. The van der Waals surface area contributed by atoms with Gasteiger partial charge in [-0.2, -0.15) is 0 Å². The third-order valence-corrected chi connectivity index (χ3v) is 7.59. The first kappa shape index (κ1) is 20.1. The smallest absolute Gasteiger partial charge is 0.408 e. The lowest BCUT2D eigenvalue weighted by molar-refractivity contribution is -0.241. The summed E-state index contributed by atoms with van der Waals surface area (Å²) in [6.45, 7) is 4.47. The van der Waals surface area contributed by atoms with Crippen LogP contribution in [0.25, 0.3) is 11.1 Å². The number of carbonyl (C=O) groups is 2. The van der Waals surface area contributed by atoms with Crippen molar-refractivity contribution in [3.05, 3.63) is 59.7 Å². The first-order valence-electron chi connectivity index (χ1n) is 10.9. The number of hydrogen-bond donors (Lipinski definition) is 2. The van der Waals surface area contributed by atoms with Crippen molar-refractivity contribution in [2.24, 2.45) is 11.3 Å². The van der Waals surface area contributed by atoms with Gasteiger partial charge in [-0.3, -0.25) is 0 Å². The molecule has 3 aliphatic rings. The Morgan fingerprint density at radius 1 is 1.10 bits per heavy atom. The van der Waals surface area contributed by atoms with Crippen LogP contribution in [-0.4, -0.2) is 42.0 Å². The number of carboxylic acid groups (broad SMARTS) is 1. The Balaban J connectivity index is 1.35. The lowest BCUT2D eigenvalue weighted by atomic mass is 9.46. The Labute approximate surface area is 181 Å². The van der Waals surface area contributed by atoms with E-state index in [1.54, 1.807) is 0 Å². The maximum atomic E-state index is 12.9. The van der Waals surface area contributed by atoms with Crippen LogP contribution in [0.15, 0.2) is 48.5 Å². The fourth-order valence-corrected chi connectivity index (χ4v) is 6.08. The van der Waals surface area contributed by atoms with Gasteiger partial charge >= 0.3 is 12.1 Å². The van der Waals surface area contributed by atoms with Crippen molar-refractivity contribution in [2.75, 3.05) is 13.2 Å². The Hall–Kier alpha value is -2.86. The summed E-state index contributed by atoms with van der Waals surface area (Å²) in [7, 11) is 0. The number of nitrogens with one attached hydrogen (secondary N) is 1. The van der Waals surface area contributed by atoms with Gasteiger partial charge in [-0.25, -0.2) is 9.59 Å². The molecule has 5 rings (SSSR count). The number of amides is 1. The first-order valence-corrected chi connectivity index (χ1v) is 10.9. The highest BCUT2D eigenvalue weighted by molar-refractivity contribution is 5.88. The van der Waals surface area contributed by atoms with Gasteiger partial charge < -0.3 is 19.9 Å². The minimum atomic E-state index is -1.39. The molecule has 0 radical (unpaired) electrons. The molecule has 162 valence electrons. The van der Waals surface area contributed by atoms with E-state index in [1.165, 1.54) is 0 Å². The normalized spacial score (nSPS) is 27.9. The maximum absolute atomic E-state index is 12.9. The summed E-state index contributed by atoms with van der Waals surface area (Å²) < 4.78 is 11.5. The van der Waals surface area contributed by atoms with Gasteiger partial charge in [-0.1, -0.05) is 62.4 Å². The molecule has 1 saturated carbocycles. The van der Waals surface area contributed by atoms with Gasteiger partial charge in [-0.15, -0.1) is 0 Å². The molecule has 1 heterocycles. The molecule has 0 aromatic heterocycles. The topological polar surface area (TPSA) is 84.9 Å². The van der Waals surface area contributed by atoms with Crippen LogP contribution >= 0.6 is 0 Å². The molecule has 1 aliphatic heterocycles. The molecule has 31 heavy (non-hydrogen) atoms. The van der Waals surface area contributed by atoms with Gasteiger partial charge in [0.15, 0.2) is 5.54 Å². The molecule has 3 atom stereocenters. The predicted octanol–water partition coefficient (Wildman–Crippen LogP) is 4.18. The number of aliphatic carboxylic acids is 1. The zero-order valence-corrected chi connectivity index (χ0v) is 17.8. The fraction of sp³-hybridized carbons (Fsp3) is 0.440. The predicted molar refractivity (Wildman–Crippen MR) is 115 cm³/mol. The molecular weight excluding hydrogens is 394 g/mol. The highest BCUT2D eigenvalue weighted by Gasteiger charge is 2.73. The zero-order valence-electron chi connectivity index (χ0n) is 17.8. The summed E-state index contributed by atoms with van der Waals surface area (Å²) in [4.78, 5) is 25.2. The summed E-state index contributed by atoms with van der Waals surface area (Å²) in [5.74, 6) is -1.36. The van der Waals surface area contributed by atoms with Crippen LogP contribution in [0, 0.1) is 11.3 Å². The molecule has 2 aliphatic carbocycles. The molecule has 1 saturated heterocycles. The molecule has 2 N–H and O–H groups in total. The largest absolute Gasteiger partial charge is 0.479 e. The lowest BCUT2D eigenvalue weighted by Gasteiger charge is -2.65. The zero-order chi connectivity index (χ0) is 21.8. The van der Waals surface area contributed by atoms with Crippen molar-refractivity contribution in [1.29, 1.82) is 0 Å². The van der Waals surface area contributed by atoms with Crippen LogP contribution < -0.4 is 5.32 Å². The first-order chi connectivity index (χ1) is 14.9. The molecule has 2 aromatic carbocycles. The second-order valence-corrected chi connectivity index (χ2v) is 9.33. The van der Waals surface area contributed by atoms with Gasteiger partial charge in [-0.05, 0) is 35.1 Å². The Bertz CT molecular complexity index is 1000. The molecular formula is C25H27NO5. The van der Waals surface area contributed by atoms with Gasteiger partial charge in [0.25, 0.3) is 0 Å². The number of fused-ring (bicyclic) bond motifs is 4. The number of rotatable bonds is 4. The van der Waals surface area contributed by atoms with Gasteiger partial charge in [0.1, 0.15) is 6.61 Å². The number of carboxylic acids is 1. The second-order valence-electron chi connectivity index (χ2n) is 9.33. The quantitative estimate of drug-likeness (QED) is 0.774. The summed E-state index contributed by atoms with van der Waals surface area (Å²) in [5, 5.41) is 12.9. The minimum absolute atomic E-state index is 0.0703. The van der Waals surface area contributed by atoms with Crippen molar-refractivity contribution in [1.82, 2.24) is 5.32 Å². The molecule has 0 bridgehead atoms. The highest BCUT2D eigenvalue weighted by Crippen LogP contribution is 2.59. The fourth-order valence-electron chi connectivity index (χ4n) is 6.08. The number of benzene rings is 2. The van der Waals surface area contributed by atoms with Crippen LogP contribution in [0.3, 0.4) is 0 Å². The van der Waals surface area contributed by atoms with Crippen molar-refractivity contribution >= 4 is 12.1 Å². The standard InChI is InChI=1S/C25H27NO5/c1-24(2)21-20(12-7-13-30-21)25(24,22(27)28)26-23(29)31-14-19-17-10-5-3-8-15(17)16-9-4-6-11-18(16)19/h3-6,8-11,19-21H,7,12-14H2,1-2H3,(H,26,29)(H,27,28). The van der Waals surface area contributed by atoms with E-state index >= 15 is 0 Å². The molecule has 1 amide bonds. The molecule has 6 heteroatoms. The average Bonchev–Trinajstić information content (AvgIpc) is 3.09. The van der Waals surface area contributed by atoms with Crippen molar-refractivity contribution in [3.8, 4) is 11.1 Å². The molecule has 2 fully saturated rings. The van der Waals surface area contributed by atoms with E-state index < -0.39 is 23.0 Å². The van der Waals surface area contributed by atoms with Crippen LogP contribution in [0.4, 0.5) is 4.79 Å². The number of ether oxygens (including phenoxy) is 2. The Morgan fingerprint density at radius 2 is 1.71 bits per heavy atom. The summed E-state index contributed by atoms with van der Waals surface area (Å²) >= 11 is 0. The third kappa shape index (κ3) is 2.74. The second kappa shape index (κ2) is 7.09. The highest BCUT2D eigenvalue weighted by atomic mass is 16.5. The lowest BCUT2D eigenvalue weighted by Crippen LogP contribution is -2.82. The monoisotopic (exact) mass is 421 g/mol. The SMILES string of the molecule is CC1(C)C2OCCCC2C1(NC(=O)OCC1c2ccccc2-c2ccccc21)C(=O)O. The van der Waals surface area contributed by atoms with Crippen molar-refractivity contribution in [2.45, 2.75) is 44.2 Å². The van der Waals surface area contributed by atoms with E-state index in [1.807, 2.05) is 38.1 Å². The van der Waals surface area contributed by atoms with Gasteiger partial charge in [0.2, 0.25) is 0 Å². The summed E-state index contributed by atoms with van der Waals surface area (Å²) in [5.41, 5.74) is 2.42. The van der Waals surface area contributed by atoms with Crippen LogP contribution in [-0.2, 0) is 14.3 Å². The number of alkyl carbamates (subject to hydrolysis) is 1. The third-order valence-electron chi connectivity index (χ3n) is 7.59. The van der Waals surface area contributed by atoms with Crippen LogP contribution in [0.5, 0.6) is 0 Å². The van der Waals surface area contributed by atoms with Gasteiger partial charge in [0, 0.05) is 23.9 Å². The van der Waals surface area contributed by atoms with Crippen LogP contribution in [0.2, 0.25) is 0 Å². The molecule has 6 nitrogen and oxygen atoms in total. The summed E-state index contributed by atoms with van der Waals surface area (Å²) in [6.07, 6.45) is 0.635. The molecule has 2 aromatic rings. The van der Waals surface area contributed by atoms with Crippen LogP contribution in [0.1, 0.15) is 43.7 Å². The van der Waals surface area contributed by atoms with Gasteiger partial charge in [0.05, 0.1) is 6.10 Å². The minimum Gasteiger partial charge on any atom is -0.479 e. The van der Waals surface area contributed by atoms with E-state index in [9.17, 15) is 14.7 Å². The average molecular weight is 421 g/mol. The maximum Gasteiger partial charge on any atom is 0.408 e. The van der Waals surface area contributed by atoms with E-state index in [0.29, 0.717) is 13.0 Å². The molecule has 0 spiro atoms. The van der Waals surface area contributed by atoms with E-state index in [-0.39, 0.29) is 24.5 Å². The summed E-state index contributed by atoms with van der Waals surface area (Å²) in [6, 6.07) is 16.2. The van der Waals surface area contributed by atoms with Crippen molar-refractivity contribution in [3.63, 3.8) is 0 Å². The van der Waals surface area contributed by atoms with E-state index in [0.717, 1.165) is 28.7 Å². The van der Waals surface area contributed by atoms with Crippen molar-refractivity contribution < 1.29 is 24.2 Å². The number of hydrogen-bond acceptors (Lipinski definition) is 4. The Morgan fingerprint density at radius 3 is 2.32 bits per heavy atom. The van der Waals surface area contributed by atoms with E-state index in [2.05, 4.69) is 29.6 Å².